The highest BCUT2D eigenvalue weighted by atomic mass is 14.0. The number of hydrogen-bond acceptors (Lipinski definition) is 0. The van der Waals surface area contributed by atoms with Crippen LogP contribution in [0.15, 0.2) is 24.3 Å². The molecule has 0 amide bonds. The van der Waals surface area contributed by atoms with Gasteiger partial charge in [-0.25, -0.2) is 0 Å². The second-order valence-corrected chi connectivity index (χ2v) is 3.08. The summed E-state index contributed by atoms with van der Waals surface area (Å²) in [6.07, 6.45) is 6.40. The van der Waals surface area contributed by atoms with E-state index in [4.69, 9.17) is 0 Å². The van der Waals surface area contributed by atoms with Crippen molar-refractivity contribution in [3.8, 4) is 0 Å². The molecule has 0 saturated carbocycles. The standard InChI is InChI=1S/C12H15/c1-4-5-6-12-9-10(2)7-8-11(12)3/h5,7-9H,4H2,1-3H3. The highest BCUT2D eigenvalue weighted by Crippen LogP contribution is 2.10. The Kier molecular flexibility index (Phi) is 3.09. The van der Waals surface area contributed by atoms with E-state index in [0.29, 0.717) is 0 Å². The molecule has 1 rings (SSSR count). The first-order valence-corrected chi connectivity index (χ1v) is 4.39. The number of allylic oxidation sites excluding steroid dienone is 1. The van der Waals surface area contributed by atoms with Gasteiger partial charge in [-0.1, -0.05) is 36.8 Å². The van der Waals surface area contributed by atoms with Crippen LogP contribution in [-0.4, -0.2) is 0 Å². The molecule has 0 fully saturated rings. The lowest BCUT2D eigenvalue weighted by atomic mass is 10.1. The van der Waals surface area contributed by atoms with E-state index < -0.39 is 0 Å². The fourth-order valence-corrected chi connectivity index (χ4v) is 1.10. The van der Waals surface area contributed by atoms with Crippen LogP contribution in [0.5, 0.6) is 0 Å². The Morgan fingerprint density at radius 1 is 1.33 bits per heavy atom. The van der Waals surface area contributed by atoms with Gasteiger partial charge in [0, 0.05) is 0 Å². The summed E-state index contributed by atoms with van der Waals surface area (Å²) in [4.78, 5) is 0. The number of benzene rings is 1. The second kappa shape index (κ2) is 4.10. The summed E-state index contributed by atoms with van der Waals surface area (Å²) >= 11 is 0. The Morgan fingerprint density at radius 2 is 2.08 bits per heavy atom. The minimum absolute atomic E-state index is 1.05. The van der Waals surface area contributed by atoms with Crippen LogP contribution in [0.2, 0.25) is 0 Å². The average Bonchev–Trinajstić information content (AvgIpc) is 2.07. The van der Waals surface area contributed by atoms with Crippen molar-refractivity contribution in [2.24, 2.45) is 0 Å². The molecule has 0 aliphatic carbocycles. The minimum atomic E-state index is 1.05. The maximum Gasteiger partial charge on any atom is -0.0146 e. The van der Waals surface area contributed by atoms with E-state index in [0.717, 1.165) is 6.42 Å². The zero-order chi connectivity index (χ0) is 8.97. The maximum atomic E-state index is 3.28. The fraction of sp³-hybridized carbons (Fsp3) is 0.333. The van der Waals surface area contributed by atoms with Crippen LogP contribution in [0.3, 0.4) is 0 Å². The smallest absolute Gasteiger partial charge is 0.0146 e. The van der Waals surface area contributed by atoms with E-state index in [1.807, 2.05) is 0 Å². The highest BCUT2D eigenvalue weighted by Gasteiger charge is 1.93. The molecular weight excluding hydrogens is 144 g/mol. The van der Waals surface area contributed by atoms with Crippen molar-refractivity contribution >= 4 is 0 Å². The molecule has 0 bridgehead atoms. The molecule has 0 N–H and O–H groups in total. The van der Waals surface area contributed by atoms with Crippen LogP contribution in [0.1, 0.15) is 30.0 Å². The van der Waals surface area contributed by atoms with Crippen LogP contribution in [0.4, 0.5) is 0 Å². The topological polar surface area (TPSA) is 0 Å². The Morgan fingerprint density at radius 3 is 2.75 bits per heavy atom. The van der Waals surface area contributed by atoms with E-state index in [2.05, 4.69) is 51.1 Å². The number of hydrogen-bond donors (Lipinski definition) is 0. The molecule has 0 nitrogen and oxygen atoms in total. The van der Waals surface area contributed by atoms with Crippen molar-refractivity contribution in [1.29, 1.82) is 0 Å². The first kappa shape index (κ1) is 9.05. The third-order valence-corrected chi connectivity index (χ3v) is 1.85. The van der Waals surface area contributed by atoms with Crippen molar-refractivity contribution in [2.75, 3.05) is 0 Å². The normalized spacial score (nSPS) is 10.9. The van der Waals surface area contributed by atoms with Gasteiger partial charge < -0.3 is 0 Å². The van der Waals surface area contributed by atoms with Gasteiger partial charge in [-0.2, -0.15) is 0 Å². The van der Waals surface area contributed by atoms with Crippen molar-refractivity contribution in [2.45, 2.75) is 27.2 Å². The SMILES string of the molecule is CC/C=[C]\c1cc(C)ccc1C. The summed E-state index contributed by atoms with van der Waals surface area (Å²) in [7, 11) is 0. The number of rotatable bonds is 2. The van der Waals surface area contributed by atoms with Gasteiger partial charge >= 0.3 is 0 Å². The molecule has 1 radical (unpaired) electrons. The molecule has 0 heteroatoms. The number of aryl methyl sites for hydroxylation is 2. The van der Waals surface area contributed by atoms with Gasteiger partial charge in [-0.05, 0) is 37.5 Å². The van der Waals surface area contributed by atoms with Crippen LogP contribution in [0.25, 0.3) is 0 Å². The predicted octanol–water partition coefficient (Wildman–Crippen LogP) is 3.42. The summed E-state index contributed by atoms with van der Waals surface area (Å²) in [6, 6.07) is 6.44. The molecule has 12 heavy (non-hydrogen) atoms. The molecule has 0 atom stereocenters. The Balaban J connectivity index is 2.97. The zero-order valence-electron chi connectivity index (χ0n) is 8.02. The minimum Gasteiger partial charge on any atom is -0.0763 e. The van der Waals surface area contributed by atoms with Crippen LogP contribution in [0, 0.1) is 19.9 Å². The summed E-state index contributed by atoms with van der Waals surface area (Å²) < 4.78 is 0. The van der Waals surface area contributed by atoms with Gasteiger partial charge in [-0.3, -0.25) is 0 Å². The van der Waals surface area contributed by atoms with Crippen molar-refractivity contribution < 1.29 is 0 Å². The van der Waals surface area contributed by atoms with E-state index in [1.54, 1.807) is 0 Å². The molecule has 1 aromatic rings. The molecule has 0 aliphatic heterocycles. The molecule has 0 unspecified atom stereocenters. The van der Waals surface area contributed by atoms with Crippen molar-refractivity contribution in [1.82, 2.24) is 0 Å². The van der Waals surface area contributed by atoms with Gasteiger partial charge in [0.25, 0.3) is 0 Å². The van der Waals surface area contributed by atoms with Crippen molar-refractivity contribution in [3.63, 3.8) is 0 Å². The van der Waals surface area contributed by atoms with E-state index in [1.165, 1.54) is 16.7 Å². The summed E-state index contributed by atoms with van der Waals surface area (Å²) in [5.74, 6) is 0. The lowest BCUT2D eigenvalue weighted by molar-refractivity contribution is 1.21. The zero-order valence-corrected chi connectivity index (χ0v) is 8.02. The van der Waals surface area contributed by atoms with Gasteiger partial charge in [0.15, 0.2) is 0 Å². The molecule has 0 aromatic heterocycles. The third-order valence-electron chi connectivity index (χ3n) is 1.85. The molecule has 0 spiro atoms. The predicted molar refractivity (Wildman–Crippen MR) is 53.1 cm³/mol. The van der Waals surface area contributed by atoms with Crippen molar-refractivity contribution in [3.05, 3.63) is 47.0 Å². The van der Waals surface area contributed by atoms with Gasteiger partial charge in [0.05, 0.1) is 0 Å². The molecule has 1 aromatic carbocycles. The highest BCUT2D eigenvalue weighted by molar-refractivity contribution is 5.34. The van der Waals surface area contributed by atoms with Crippen LogP contribution < -0.4 is 0 Å². The quantitative estimate of drug-likeness (QED) is 0.620. The Labute approximate surface area is 74.9 Å². The van der Waals surface area contributed by atoms with Gasteiger partial charge in [0.2, 0.25) is 0 Å². The Bertz CT molecular complexity index is 282. The third kappa shape index (κ3) is 2.23. The van der Waals surface area contributed by atoms with Gasteiger partial charge in [0.1, 0.15) is 0 Å². The lowest BCUT2D eigenvalue weighted by Gasteiger charge is -2.00. The van der Waals surface area contributed by atoms with Crippen LogP contribution in [-0.2, 0) is 0 Å². The lowest BCUT2D eigenvalue weighted by Crippen LogP contribution is -1.83. The second-order valence-electron chi connectivity index (χ2n) is 3.08. The first-order chi connectivity index (χ1) is 5.74. The molecule has 0 heterocycles. The summed E-state index contributed by atoms with van der Waals surface area (Å²) in [5, 5.41) is 0. The summed E-state index contributed by atoms with van der Waals surface area (Å²) in [6.45, 7) is 6.35. The molecule has 0 aliphatic rings. The van der Waals surface area contributed by atoms with E-state index in [-0.39, 0.29) is 0 Å². The fourth-order valence-electron chi connectivity index (χ4n) is 1.10. The monoisotopic (exact) mass is 159 g/mol. The maximum absolute atomic E-state index is 3.28. The first-order valence-electron chi connectivity index (χ1n) is 4.39. The molecule has 63 valence electrons. The van der Waals surface area contributed by atoms with Crippen LogP contribution >= 0.6 is 0 Å². The van der Waals surface area contributed by atoms with E-state index >= 15 is 0 Å². The Hall–Kier alpha value is -1.04. The average molecular weight is 159 g/mol. The van der Waals surface area contributed by atoms with Gasteiger partial charge in [-0.15, -0.1) is 0 Å². The largest absolute Gasteiger partial charge is 0.0763 e. The summed E-state index contributed by atoms with van der Waals surface area (Å²) in [5.41, 5.74) is 3.81. The van der Waals surface area contributed by atoms with E-state index in [9.17, 15) is 0 Å². The molecule has 0 saturated heterocycles. The molecular formula is C12H15.